The number of carboxylic acids is 1. The van der Waals surface area contributed by atoms with Crippen LogP contribution in [0, 0.1) is 0 Å². The minimum atomic E-state index is -5.08. The van der Waals surface area contributed by atoms with Crippen molar-refractivity contribution in [2.75, 3.05) is 45.0 Å². The van der Waals surface area contributed by atoms with Crippen LogP contribution in [0.25, 0.3) is 0 Å². The number of hydrogen-bond donors (Lipinski definition) is 2. The molecule has 1 aliphatic heterocycles. The van der Waals surface area contributed by atoms with Crippen LogP contribution in [-0.4, -0.2) is 87.7 Å². The molecule has 1 heterocycles. The van der Waals surface area contributed by atoms with E-state index in [2.05, 4.69) is 5.32 Å². The average Bonchev–Trinajstić information content (AvgIpc) is 2.89. The van der Waals surface area contributed by atoms with Crippen molar-refractivity contribution in [3.8, 4) is 0 Å². The standard InChI is InChI=1S/C22H37N3O4S2.C2HF3O2/c1-2-3-15-25(18-19-30(26,27)24-16-13-23-14-17-24)31(28,29)22-11-9-21(10-12-22)20-7-5-4-6-8-20;3-2(4,5)1(6)7/h9-12,20,23H,2-8,13-19H2,1H3;(H,6,7). The van der Waals surface area contributed by atoms with E-state index in [-0.39, 0.29) is 17.2 Å². The van der Waals surface area contributed by atoms with E-state index in [9.17, 15) is 30.0 Å². The lowest BCUT2D eigenvalue weighted by molar-refractivity contribution is -0.192. The zero-order chi connectivity index (χ0) is 28.4. The lowest BCUT2D eigenvalue weighted by Gasteiger charge is -2.28. The van der Waals surface area contributed by atoms with Crippen LogP contribution in [0.1, 0.15) is 63.4 Å². The van der Waals surface area contributed by atoms with Crippen molar-refractivity contribution in [1.82, 2.24) is 13.9 Å². The van der Waals surface area contributed by atoms with Gasteiger partial charge in [-0.2, -0.15) is 21.8 Å². The Kier molecular flexibility index (Phi) is 12.5. The van der Waals surface area contributed by atoms with Crippen LogP contribution in [0.4, 0.5) is 13.2 Å². The maximum Gasteiger partial charge on any atom is 0.490 e. The molecule has 2 aliphatic rings. The SMILES string of the molecule is CCCCN(CCS(=O)(=O)N1CCNCC1)S(=O)(=O)c1ccc(C2CCCCC2)cc1.O=C(O)C(F)(F)F. The number of rotatable bonds is 10. The highest BCUT2D eigenvalue weighted by molar-refractivity contribution is 7.90. The normalized spacial score (nSPS) is 18.1. The molecule has 14 heteroatoms. The third-order valence-electron chi connectivity index (χ3n) is 6.67. The first-order valence-corrected chi connectivity index (χ1v) is 15.9. The molecule has 1 saturated heterocycles. The molecule has 2 N–H and O–H groups in total. The zero-order valence-electron chi connectivity index (χ0n) is 21.6. The van der Waals surface area contributed by atoms with Gasteiger partial charge in [-0.25, -0.2) is 21.6 Å². The van der Waals surface area contributed by atoms with E-state index in [0.29, 0.717) is 45.1 Å². The maximum atomic E-state index is 13.3. The number of halogens is 3. The lowest BCUT2D eigenvalue weighted by Crippen LogP contribution is -2.48. The summed E-state index contributed by atoms with van der Waals surface area (Å²) in [6.45, 7) is 4.45. The zero-order valence-corrected chi connectivity index (χ0v) is 23.3. The van der Waals surface area contributed by atoms with Gasteiger partial charge in [0, 0.05) is 39.3 Å². The second kappa shape index (κ2) is 14.6. The minimum absolute atomic E-state index is 0.0149. The van der Waals surface area contributed by atoms with E-state index in [1.165, 1.54) is 46.3 Å². The first kappa shape index (κ1) is 32.5. The molecule has 3 rings (SSSR count). The second-order valence-electron chi connectivity index (χ2n) is 9.43. The van der Waals surface area contributed by atoms with Crippen molar-refractivity contribution in [1.29, 1.82) is 0 Å². The fourth-order valence-corrected chi connectivity index (χ4v) is 7.50. The van der Waals surface area contributed by atoms with Gasteiger partial charge in [-0.1, -0.05) is 44.7 Å². The van der Waals surface area contributed by atoms with Gasteiger partial charge in [-0.05, 0) is 42.9 Å². The summed E-state index contributed by atoms with van der Waals surface area (Å²) in [6.07, 6.45) is 2.54. The Balaban J connectivity index is 0.000000638. The molecule has 1 aliphatic carbocycles. The third-order valence-corrected chi connectivity index (χ3v) is 10.4. The maximum absolute atomic E-state index is 13.3. The van der Waals surface area contributed by atoms with Crippen LogP contribution >= 0.6 is 0 Å². The molecular weight excluding hydrogens is 547 g/mol. The topological polar surface area (TPSA) is 124 Å². The monoisotopic (exact) mass is 585 g/mol. The molecule has 9 nitrogen and oxygen atoms in total. The molecule has 1 saturated carbocycles. The number of nitrogens with one attached hydrogen (secondary N) is 1. The number of sulfonamides is 2. The van der Waals surface area contributed by atoms with Crippen molar-refractivity contribution < 1.29 is 39.9 Å². The van der Waals surface area contributed by atoms with Crippen LogP contribution in [0.2, 0.25) is 0 Å². The molecule has 218 valence electrons. The Morgan fingerprint density at radius 2 is 1.58 bits per heavy atom. The summed E-state index contributed by atoms with van der Waals surface area (Å²) in [4.78, 5) is 9.15. The van der Waals surface area contributed by atoms with Crippen molar-refractivity contribution in [2.45, 2.75) is 68.9 Å². The summed E-state index contributed by atoms with van der Waals surface area (Å²) in [5.41, 5.74) is 1.21. The van der Waals surface area contributed by atoms with E-state index >= 15 is 0 Å². The summed E-state index contributed by atoms with van der Waals surface area (Å²) in [5.74, 6) is -2.42. The van der Waals surface area contributed by atoms with Crippen LogP contribution in [0.5, 0.6) is 0 Å². The van der Waals surface area contributed by atoms with Crippen LogP contribution in [0.3, 0.4) is 0 Å². The molecular formula is C24H38F3N3O6S2. The summed E-state index contributed by atoms with van der Waals surface area (Å²) >= 11 is 0. The molecule has 0 bridgehead atoms. The highest BCUT2D eigenvalue weighted by Crippen LogP contribution is 2.33. The second-order valence-corrected chi connectivity index (χ2v) is 13.5. The van der Waals surface area contributed by atoms with Crippen molar-refractivity contribution >= 4 is 26.0 Å². The predicted molar refractivity (Wildman–Crippen MR) is 138 cm³/mol. The minimum Gasteiger partial charge on any atom is -0.475 e. The highest BCUT2D eigenvalue weighted by Gasteiger charge is 2.38. The van der Waals surface area contributed by atoms with E-state index in [1.807, 2.05) is 19.1 Å². The van der Waals surface area contributed by atoms with Crippen LogP contribution in [0.15, 0.2) is 29.2 Å². The van der Waals surface area contributed by atoms with E-state index in [4.69, 9.17) is 9.90 Å². The molecule has 38 heavy (non-hydrogen) atoms. The van der Waals surface area contributed by atoms with Gasteiger partial charge in [0.05, 0.1) is 10.6 Å². The number of piperazine rings is 1. The molecule has 2 fully saturated rings. The van der Waals surface area contributed by atoms with Gasteiger partial charge in [0.25, 0.3) is 0 Å². The number of aliphatic carboxylic acids is 1. The van der Waals surface area contributed by atoms with Crippen molar-refractivity contribution in [3.05, 3.63) is 29.8 Å². The quantitative estimate of drug-likeness (QED) is 0.431. The summed E-state index contributed by atoms with van der Waals surface area (Å²) in [6, 6.07) is 7.28. The highest BCUT2D eigenvalue weighted by atomic mass is 32.2. The first-order chi connectivity index (χ1) is 17.8. The number of alkyl halides is 3. The molecule has 0 amide bonds. The average molecular weight is 586 g/mol. The number of nitrogens with zero attached hydrogens (tertiary/aromatic N) is 2. The number of carbonyl (C=O) groups is 1. The van der Waals surface area contributed by atoms with E-state index in [1.54, 1.807) is 12.1 Å². The van der Waals surface area contributed by atoms with Gasteiger partial charge in [0.1, 0.15) is 0 Å². The Morgan fingerprint density at radius 1 is 1.03 bits per heavy atom. The number of hydrogen-bond acceptors (Lipinski definition) is 6. The molecule has 0 aromatic heterocycles. The molecule has 0 spiro atoms. The van der Waals surface area contributed by atoms with E-state index in [0.717, 1.165) is 6.42 Å². The van der Waals surface area contributed by atoms with Crippen molar-refractivity contribution in [2.24, 2.45) is 0 Å². The van der Waals surface area contributed by atoms with Gasteiger partial charge in [-0.3, -0.25) is 0 Å². The summed E-state index contributed by atoms with van der Waals surface area (Å²) in [7, 11) is -7.22. The van der Waals surface area contributed by atoms with Crippen LogP contribution < -0.4 is 5.32 Å². The molecule has 0 atom stereocenters. The largest absolute Gasteiger partial charge is 0.490 e. The van der Waals surface area contributed by atoms with Gasteiger partial charge >= 0.3 is 12.1 Å². The predicted octanol–water partition coefficient (Wildman–Crippen LogP) is 3.39. The molecule has 1 aromatic rings. The molecule has 0 unspecified atom stereocenters. The first-order valence-electron chi connectivity index (χ1n) is 12.9. The van der Waals surface area contributed by atoms with Gasteiger partial charge < -0.3 is 10.4 Å². The van der Waals surface area contributed by atoms with Crippen LogP contribution in [-0.2, 0) is 24.8 Å². The summed E-state index contributed by atoms with van der Waals surface area (Å²) < 4.78 is 86.7. The number of benzene rings is 1. The fourth-order valence-electron chi connectivity index (χ4n) is 4.45. The lowest BCUT2D eigenvalue weighted by atomic mass is 9.84. The van der Waals surface area contributed by atoms with Gasteiger partial charge in [0.15, 0.2) is 0 Å². The van der Waals surface area contributed by atoms with Gasteiger partial charge in [-0.15, -0.1) is 0 Å². The molecule has 0 radical (unpaired) electrons. The Hall–Kier alpha value is -1.74. The number of unbranched alkanes of at least 4 members (excludes halogenated alkanes) is 1. The van der Waals surface area contributed by atoms with Crippen molar-refractivity contribution in [3.63, 3.8) is 0 Å². The van der Waals surface area contributed by atoms with E-state index < -0.39 is 32.2 Å². The summed E-state index contributed by atoms with van der Waals surface area (Å²) in [5, 5.41) is 10.3. The third kappa shape index (κ3) is 9.78. The number of carboxylic acid groups (broad SMARTS) is 1. The van der Waals surface area contributed by atoms with Gasteiger partial charge in [0.2, 0.25) is 20.0 Å². The molecule has 1 aromatic carbocycles. The fraction of sp³-hybridized carbons (Fsp3) is 0.708. The Labute approximate surface area is 223 Å². The Bertz CT molecular complexity index is 1080. The smallest absolute Gasteiger partial charge is 0.475 e. The Morgan fingerprint density at radius 3 is 2.08 bits per heavy atom.